The third-order valence-corrected chi connectivity index (χ3v) is 4.35. The van der Waals surface area contributed by atoms with E-state index in [1.165, 1.54) is 32.1 Å². The van der Waals surface area contributed by atoms with Gasteiger partial charge in [-0.2, -0.15) is 0 Å². The number of ketones is 1. The normalized spacial score (nSPS) is 46.2. The number of hydrogen-bond acceptors (Lipinski definition) is 1. The molecule has 68 valence electrons. The molecule has 0 aromatic rings. The molecule has 0 amide bonds. The van der Waals surface area contributed by atoms with E-state index in [2.05, 4.69) is 6.92 Å². The Kier molecular flexibility index (Phi) is 1.78. The highest BCUT2D eigenvalue weighted by Crippen LogP contribution is 2.57. The fourth-order valence-electron chi connectivity index (χ4n) is 3.67. The number of carbonyl (C=O) groups is 1. The SMILES string of the molecule is CC(=O)C12CCCC1CCC2C. The largest absolute Gasteiger partial charge is 0.299 e. The van der Waals surface area contributed by atoms with Gasteiger partial charge in [-0.05, 0) is 44.4 Å². The van der Waals surface area contributed by atoms with Gasteiger partial charge in [0.25, 0.3) is 0 Å². The monoisotopic (exact) mass is 166 g/mol. The van der Waals surface area contributed by atoms with Crippen LogP contribution in [0.1, 0.15) is 46.0 Å². The average molecular weight is 166 g/mol. The molecule has 3 unspecified atom stereocenters. The average Bonchev–Trinajstić information content (AvgIpc) is 2.52. The molecule has 2 aliphatic carbocycles. The molecule has 0 N–H and O–H groups in total. The van der Waals surface area contributed by atoms with Crippen LogP contribution in [0.5, 0.6) is 0 Å². The second-order valence-electron chi connectivity index (χ2n) is 4.66. The second-order valence-corrected chi connectivity index (χ2v) is 4.66. The third kappa shape index (κ3) is 0.826. The predicted octanol–water partition coefficient (Wildman–Crippen LogP) is 2.79. The molecule has 3 atom stereocenters. The Balaban J connectivity index is 2.33. The summed E-state index contributed by atoms with van der Waals surface area (Å²) in [7, 11) is 0. The minimum atomic E-state index is 0.125. The second kappa shape index (κ2) is 2.58. The van der Waals surface area contributed by atoms with Gasteiger partial charge < -0.3 is 0 Å². The zero-order valence-corrected chi connectivity index (χ0v) is 8.10. The maximum atomic E-state index is 11.7. The molecule has 1 nitrogen and oxygen atoms in total. The first kappa shape index (κ1) is 8.28. The predicted molar refractivity (Wildman–Crippen MR) is 48.9 cm³/mol. The first-order chi connectivity index (χ1) is 5.68. The highest BCUT2D eigenvalue weighted by atomic mass is 16.1. The number of Topliss-reactive ketones (excluding diaryl/α,β-unsaturated/α-hetero) is 1. The van der Waals surface area contributed by atoms with E-state index in [0.29, 0.717) is 11.7 Å². The van der Waals surface area contributed by atoms with E-state index in [0.717, 1.165) is 5.92 Å². The van der Waals surface area contributed by atoms with Gasteiger partial charge in [0.15, 0.2) is 0 Å². The van der Waals surface area contributed by atoms with Crippen LogP contribution < -0.4 is 0 Å². The maximum absolute atomic E-state index is 11.7. The molecule has 0 saturated heterocycles. The molecule has 0 radical (unpaired) electrons. The Bertz CT molecular complexity index is 209. The van der Waals surface area contributed by atoms with Crippen LogP contribution in [0.15, 0.2) is 0 Å². The quantitative estimate of drug-likeness (QED) is 0.585. The van der Waals surface area contributed by atoms with Crippen molar-refractivity contribution < 1.29 is 4.79 Å². The van der Waals surface area contributed by atoms with Crippen molar-refractivity contribution in [1.82, 2.24) is 0 Å². The van der Waals surface area contributed by atoms with Crippen molar-refractivity contribution >= 4 is 5.78 Å². The number of carbonyl (C=O) groups excluding carboxylic acids is 1. The molecular formula is C11H18O. The summed E-state index contributed by atoms with van der Waals surface area (Å²) >= 11 is 0. The van der Waals surface area contributed by atoms with E-state index in [1.54, 1.807) is 6.92 Å². The van der Waals surface area contributed by atoms with Gasteiger partial charge >= 0.3 is 0 Å². The Labute approximate surface area is 74.5 Å². The van der Waals surface area contributed by atoms with Crippen molar-refractivity contribution in [2.75, 3.05) is 0 Å². The molecule has 0 aromatic carbocycles. The minimum Gasteiger partial charge on any atom is -0.299 e. The van der Waals surface area contributed by atoms with Gasteiger partial charge in [0, 0.05) is 5.41 Å². The maximum Gasteiger partial charge on any atom is 0.136 e. The van der Waals surface area contributed by atoms with Crippen LogP contribution in [-0.2, 0) is 4.79 Å². The van der Waals surface area contributed by atoms with Crippen molar-refractivity contribution in [3.05, 3.63) is 0 Å². The van der Waals surface area contributed by atoms with E-state index in [1.807, 2.05) is 0 Å². The molecule has 0 aliphatic heterocycles. The van der Waals surface area contributed by atoms with Crippen LogP contribution in [-0.4, -0.2) is 5.78 Å². The lowest BCUT2D eigenvalue weighted by Gasteiger charge is -2.30. The molecule has 0 bridgehead atoms. The fraction of sp³-hybridized carbons (Fsp3) is 0.909. The third-order valence-electron chi connectivity index (χ3n) is 4.35. The van der Waals surface area contributed by atoms with Crippen LogP contribution in [0, 0.1) is 17.3 Å². The summed E-state index contributed by atoms with van der Waals surface area (Å²) in [6.07, 6.45) is 6.36. The minimum absolute atomic E-state index is 0.125. The molecule has 2 aliphatic rings. The van der Waals surface area contributed by atoms with Gasteiger partial charge in [0.05, 0.1) is 0 Å². The highest BCUT2D eigenvalue weighted by molar-refractivity contribution is 5.83. The summed E-state index contributed by atoms with van der Waals surface area (Å²) in [6.45, 7) is 4.08. The van der Waals surface area contributed by atoms with E-state index >= 15 is 0 Å². The Morgan fingerprint density at radius 1 is 1.33 bits per heavy atom. The van der Waals surface area contributed by atoms with Crippen LogP contribution in [0.4, 0.5) is 0 Å². The van der Waals surface area contributed by atoms with Gasteiger partial charge in [-0.3, -0.25) is 4.79 Å². The Morgan fingerprint density at radius 2 is 2.08 bits per heavy atom. The summed E-state index contributed by atoms with van der Waals surface area (Å²) < 4.78 is 0. The number of rotatable bonds is 1. The van der Waals surface area contributed by atoms with Gasteiger partial charge in [0.1, 0.15) is 5.78 Å². The Hall–Kier alpha value is -0.330. The lowest BCUT2D eigenvalue weighted by Crippen LogP contribution is -2.33. The molecule has 1 heteroatoms. The lowest BCUT2D eigenvalue weighted by molar-refractivity contribution is -0.129. The van der Waals surface area contributed by atoms with E-state index in [-0.39, 0.29) is 5.41 Å². The molecule has 0 heterocycles. The van der Waals surface area contributed by atoms with E-state index in [9.17, 15) is 4.79 Å². The van der Waals surface area contributed by atoms with Crippen molar-refractivity contribution in [1.29, 1.82) is 0 Å². The van der Waals surface area contributed by atoms with E-state index < -0.39 is 0 Å². The lowest BCUT2D eigenvalue weighted by atomic mass is 9.71. The molecular weight excluding hydrogens is 148 g/mol. The first-order valence-electron chi connectivity index (χ1n) is 5.19. The molecule has 2 fully saturated rings. The van der Waals surface area contributed by atoms with Gasteiger partial charge in [0.2, 0.25) is 0 Å². The first-order valence-corrected chi connectivity index (χ1v) is 5.19. The summed E-state index contributed by atoms with van der Waals surface area (Å²) in [5.41, 5.74) is 0.125. The topological polar surface area (TPSA) is 17.1 Å². The van der Waals surface area contributed by atoms with Crippen LogP contribution >= 0.6 is 0 Å². The van der Waals surface area contributed by atoms with Crippen LogP contribution in [0.25, 0.3) is 0 Å². The van der Waals surface area contributed by atoms with Gasteiger partial charge in [-0.15, -0.1) is 0 Å². The van der Waals surface area contributed by atoms with Crippen molar-refractivity contribution in [3.63, 3.8) is 0 Å². The smallest absolute Gasteiger partial charge is 0.136 e. The van der Waals surface area contributed by atoms with Crippen LogP contribution in [0.2, 0.25) is 0 Å². The highest BCUT2D eigenvalue weighted by Gasteiger charge is 2.53. The summed E-state index contributed by atoms with van der Waals surface area (Å²) in [6, 6.07) is 0. The van der Waals surface area contributed by atoms with E-state index in [4.69, 9.17) is 0 Å². The summed E-state index contributed by atoms with van der Waals surface area (Å²) in [5, 5.41) is 0. The fourth-order valence-corrected chi connectivity index (χ4v) is 3.67. The van der Waals surface area contributed by atoms with Gasteiger partial charge in [-0.1, -0.05) is 13.3 Å². The number of hydrogen-bond donors (Lipinski definition) is 0. The molecule has 0 spiro atoms. The summed E-state index contributed by atoms with van der Waals surface area (Å²) in [4.78, 5) is 11.7. The molecule has 12 heavy (non-hydrogen) atoms. The standard InChI is InChI=1S/C11H18O/c1-8-5-6-10-4-3-7-11(8,10)9(2)12/h8,10H,3-7H2,1-2H3. The molecule has 0 aromatic heterocycles. The summed E-state index contributed by atoms with van der Waals surface area (Å²) in [5.74, 6) is 1.86. The zero-order chi connectivity index (χ0) is 8.77. The molecule has 2 rings (SSSR count). The van der Waals surface area contributed by atoms with Crippen molar-refractivity contribution in [2.24, 2.45) is 17.3 Å². The van der Waals surface area contributed by atoms with Gasteiger partial charge in [-0.25, -0.2) is 0 Å². The number of fused-ring (bicyclic) bond motifs is 1. The van der Waals surface area contributed by atoms with Crippen molar-refractivity contribution in [2.45, 2.75) is 46.0 Å². The Morgan fingerprint density at radius 3 is 2.67 bits per heavy atom. The van der Waals surface area contributed by atoms with Crippen LogP contribution in [0.3, 0.4) is 0 Å². The van der Waals surface area contributed by atoms with Crippen molar-refractivity contribution in [3.8, 4) is 0 Å². The molecule has 2 saturated carbocycles. The zero-order valence-electron chi connectivity index (χ0n) is 8.10.